The minimum absolute atomic E-state index is 0.0560. The van der Waals surface area contributed by atoms with E-state index < -0.39 is 0 Å². The number of aryl methyl sites for hydroxylation is 1. The average Bonchev–Trinajstić information content (AvgIpc) is 2.48. The molecule has 2 heterocycles. The summed E-state index contributed by atoms with van der Waals surface area (Å²) in [7, 11) is 0. The number of hydrogen-bond acceptors (Lipinski definition) is 3. The second kappa shape index (κ2) is 5.59. The van der Waals surface area contributed by atoms with Crippen LogP contribution in [0, 0.1) is 6.92 Å². The van der Waals surface area contributed by atoms with Crippen molar-refractivity contribution in [2.75, 3.05) is 11.9 Å². The van der Waals surface area contributed by atoms with E-state index in [9.17, 15) is 4.79 Å². The maximum Gasteiger partial charge on any atom is 0.241 e. The fraction of sp³-hybridized carbons (Fsp3) is 0.375. The molecule has 3 rings (SSSR count). The summed E-state index contributed by atoms with van der Waals surface area (Å²) >= 11 is 0. The summed E-state index contributed by atoms with van der Waals surface area (Å²) in [5, 5.41) is 7.32. The molecule has 1 fully saturated rings. The number of anilines is 1. The van der Waals surface area contributed by atoms with Gasteiger partial charge in [0.2, 0.25) is 5.91 Å². The number of fused-ring (bicyclic) bond motifs is 1. The van der Waals surface area contributed by atoms with Crippen molar-refractivity contribution in [3.63, 3.8) is 0 Å². The summed E-state index contributed by atoms with van der Waals surface area (Å²) < 4.78 is 0. The summed E-state index contributed by atoms with van der Waals surface area (Å²) in [6, 6.07) is 9.75. The number of aromatic nitrogens is 1. The van der Waals surface area contributed by atoms with E-state index in [1.807, 2.05) is 37.3 Å². The largest absolute Gasteiger partial charge is 0.324 e. The number of carbonyl (C=O) groups excluding carboxylic acids is 1. The lowest BCUT2D eigenvalue weighted by atomic mass is 10.0. The number of rotatable bonds is 2. The molecular formula is C16H19N3O. The van der Waals surface area contributed by atoms with E-state index >= 15 is 0 Å². The lowest BCUT2D eigenvalue weighted by Crippen LogP contribution is -2.43. The molecule has 4 heteroatoms. The Labute approximate surface area is 118 Å². The zero-order valence-corrected chi connectivity index (χ0v) is 11.6. The van der Waals surface area contributed by atoms with E-state index in [1.165, 1.54) is 0 Å². The van der Waals surface area contributed by atoms with Crippen LogP contribution in [0.3, 0.4) is 0 Å². The zero-order chi connectivity index (χ0) is 13.9. The third-order valence-corrected chi connectivity index (χ3v) is 3.73. The van der Waals surface area contributed by atoms with Gasteiger partial charge in [0, 0.05) is 11.1 Å². The first kappa shape index (κ1) is 13.1. The second-order valence-corrected chi connectivity index (χ2v) is 5.32. The number of nitrogens with one attached hydrogen (secondary N) is 2. The number of pyridine rings is 1. The molecule has 1 atom stereocenters. The van der Waals surface area contributed by atoms with Crippen molar-refractivity contribution in [1.29, 1.82) is 0 Å². The van der Waals surface area contributed by atoms with Gasteiger partial charge in [0.25, 0.3) is 0 Å². The first-order valence-corrected chi connectivity index (χ1v) is 7.15. The topological polar surface area (TPSA) is 54.0 Å². The SMILES string of the molecule is Cc1cc(NC(=O)[C@H]2CCCCN2)c2ccccc2n1. The van der Waals surface area contributed by atoms with Gasteiger partial charge in [0.15, 0.2) is 0 Å². The molecule has 0 radical (unpaired) electrons. The lowest BCUT2D eigenvalue weighted by molar-refractivity contribution is -0.118. The van der Waals surface area contributed by atoms with Crippen molar-refractivity contribution >= 4 is 22.5 Å². The minimum atomic E-state index is -0.0732. The molecule has 2 N–H and O–H groups in total. The average molecular weight is 269 g/mol. The minimum Gasteiger partial charge on any atom is -0.324 e. The normalized spacial score (nSPS) is 18.9. The molecule has 1 aromatic carbocycles. The Morgan fingerprint density at radius 2 is 2.20 bits per heavy atom. The molecule has 0 aliphatic carbocycles. The van der Waals surface area contributed by atoms with Crippen molar-refractivity contribution in [3.8, 4) is 0 Å². The summed E-state index contributed by atoms with van der Waals surface area (Å²) in [6.45, 7) is 2.87. The van der Waals surface area contributed by atoms with Crippen LogP contribution in [0.2, 0.25) is 0 Å². The van der Waals surface area contributed by atoms with Gasteiger partial charge >= 0.3 is 0 Å². The molecule has 0 unspecified atom stereocenters. The fourth-order valence-corrected chi connectivity index (χ4v) is 2.71. The Morgan fingerprint density at radius 1 is 1.35 bits per heavy atom. The number of carbonyl (C=O) groups is 1. The third-order valence-electron chi connectivity index (χ3n) is 3.73. The van der Waals surface area contributed by atoms with Crippen molar-refractivity contribution in [2.45, 2.75) is 32.2 Å². The molecule has 104 valence electrons. The van der Waals surface area contributed by atoms with E-state index in [0.29, 0.717) is 0 Å². The van der Waals surface area contributed by atoms with E-state index in [1.54, 1.807) is 0 Å². The first-order chi connectivity index (χ1) is 9.74. The van der Waals surface area contributed by atoms with Gasteiger partial charge in [-0.1, -0.05) is 24.6 Å². The summed E-state index contributed by atoms with van der Waals surface area (Å²) in [5.74, 6) is 0.0560. The predicted octanol–water partition coefficient (Wildman–Crippen LogP) is 2.62. The van der Waals surface area contributed by atoms with Crippen molar-refractivity contribution in [2.24, 2.45) is 0 Å². The van der Waals surface area contributed by atoms with E-state index in [2.05, 4.69) is 15.6 Å². The number of nitrogens with zero attached hydrogens (tertiary/aromatic N) is 1. The molecule has 1 saturated heterocycles. The smallest absolute Gasteiger partial charge is 0.241 e. The number of piperidine rings is 1. The second-order valence-electron chi connectivity index (χ2n) is 5.32. The van der Waals surface area contributed by atoms with Crippen LogP contribution in [0.15, 0.2) is 30.3 Å². The Hall–Kier alpha value is -1.94. The molecule has 20 heavy (non-hydrogen) atoms. The Bertz CT molecular complexity index is 633. The number of amides is 1. The highest BCUT2D eigenvalue weighted by Crippen LogP contribution is 2.23. The molecule has 1 amide bonds. The molecule has 4 nitrogen and oxygen atoms in total. The Kier molecular flexibility index (Phi) is 3.65. The van der Waals surface area contributed by atoms with Crippen LogP contribution < -0.4 is 10.6 Å². The maximum absolute atomic E-state index is 12.3. The standard InChI is InChI=1S/C16H19N3O/c1-11-10-15(12-6-2-3-7-13(12)18-11)19-16(20)14-8-4-5-9-17-14/h2-3,6-7,10,14,17H,4-5,8-9H2,1H3,(H,18,19,20)/t14-/m1/s1. The molecule has 0 spiro atoms. The molecule has 1 aliphatic rings. The van der Waals surface area contributed by atoms with Crippen molar-refractivity contribution < 1.29 is 4.79 Å². The highest BCUT2D eigenvalue weighted by atomic mass is 16.2. The molecule has 2 aromatic rings. The van der Waals surface area contributed by atoms with Gasteiger partial charge in [0.05, 0.1) is 17.2 Å². The first-order valence-electron chi connectivity index (χ1n) is 7.15. The Balaban J connectivity index is 1.88. The van der Waals surface area contributed by atoms with Crippen molar-refractivity contribution in [1.82, 2.24) is 10.3 Å². The van der Waals surface area contributed by atoms with Gasteiger partial charge in [-0.05, 0) is 38.4 Å². The molecular weight excluding hydrogens is 250 g/mol. The van der Waals surface area contributed by atoms with Gasteiger partial charge in [0.1, 0.15) is 0 Å². The molecule has 0 saturated carbocycles. The third kappa shape index (κ3) is 2.65. The van der Waals surface area contributed by atoms with Crippen LogP contribution >= 0.6 is 0 Å². The Morgan fingerprint density at radius 3 is 3.00 bits per heavy atom. The maximum atomic E-state index is 12.3. The number of benzene rings is 1. The van der Waals surface area contributed by atoms with Crippen LogP contribution in [0.5, 0.6) is 0 Å². The summed E-state index contributed by atoms with van der Waals surface area (Å²) in [6.07, 6.45) is 3.18. The summed E-state index contributed by atoms with van der Waals surface area (Å²) in [5.41, 5.74) is 2.68. The van der Waals surface area contributed by atoms with Crippen molar-refractivity contribution in [3.05, 3.63) is 36.0 Å². The number of para-hydroxylation sites is 1. The molecule has 1 aliphatic heterocycles. The number of hydrogen-bond donors (Lipinski definition) is 2. The lowest BCUT2D eigenvalue weighted by Gasteiger charge is -2.23. The fourth-order valence-electron chi connectivity index (χ4n) is 2.71. The predicted molar refractivity (Wildman–Crippen MR) is 80.8 cm³/mol. The van der Waals surface area contributed by atoms with Crippen LogP contribution in [-0.2, 0) is 4.79 Å². The van der Waals surface area contributed by atoms with Crippen LogP contribution in [0.25, 0.3) is 10.9 Å². The quantitative estimate of drug-likeness (QED) is 0.881. The highest BCUT2D eigenvalue weighted by molar-refractivity contribution is 6.02. The zero-order valence-electron chi connectivity index (χ0n) is 11.6. The van der Waals surface area contributed by atoms with Crippen LogP contribution in [0.4, 0.5) is 5.69 Å². The highest BCUT2D eigenvalue weighted by Gasteiger charge is 2.21. The molecule has 0 bridgehead atoms. The molecule has 1 aromatic heterocycles. The van der Waals surface area contributed by atoms with Gasteiger partial charge in [-0.15, -0.1) is 0 Å². The monoisotopic (exact) mass is 269 g/mol. The van der Waals surface area contributed by atoms with E-state index in [4.69, 9.17) is 0 Å². The van der Waals surface area contributed by atoms with Crippen LogP contribution in [-0.4, -0.2) is 23.5 Å². The van der Waals surface area contributed by atoms with E-state index in [-0.39, 0.29) is 11.9 Å². The van der Waals surface area contributed by atoms with Gasteiger partial charge in [-0.25, -0.2) is 0 Å². The van der Waals surface area contributed by atoms with Crippen LogP contribution in [0.1, 0.15) is 25.0 Å². The van der Waals surface area contributed by atoms with Gasteiger partial charge < -0.3 is 10.6 Å². The van der Waals surface area contributed by atoms with E-state index in [0.717, 1.165) is 48.1 Å². The van der Waals surface area contributed by atoms with Gasteiger partial charge in [-0.3, -0.25) is 9.78 Å². The summed E-state index contributed by atoms with van der Waals surface area (Å²) in [4.78, 5) is 16.8. The van der Waals surface area contributed by atoms with Gasteiger partial charge in [-0.2, -0.15) is 0 Å².